The zero-order valence-corrected chi connectivity index (χ0v) is 24.7. The molecule has 2 N–H and O–H groups in total. The summed E-state index contributed by atoms with van der Waals surface area (Å²) in [6.45, 7) is 2.53. The lowest BCUT2D eigenvalue weighted by molar-refractivity contribution is -0.111. The molecule has 8 nitrogen and oxygen atoms in total. The summed E-state index contributed by atoms with van der Waals surface area (Å²) in [5.74, 6) is 1.80. The van der Waals surface area contributed by atoms with Crippen LogP contribution in [-0.2, 0) is 17.6 Å². The van der Waals surface area contributed by atoms with Crippen LogP contribution >= 0.6 is 11.8 Å². The minimum atomic E-state index is -0.199. The van der Waals surface area contributed by atoms with Crippen molar-refractivity contribution in [3.63, 3.8) is 0 Å². The molecule has 0 radical (unpaired) electrons. The van der Waals surface area contributed by atoms with E-state index in [1.165, 1.54) is 6.08 Å². The third-order valence-corrected chi connectivity index (χ3v) is 7.57. The van der Waals surface area contributed by atoms with Crippen molar-refractivity contribution < 1.29 is 14.3 Å². The topological polar surface area (TPSA) is 98.1 Å². The van der Waals surface area contributed by atoms with Gasteiger partial charge in [0.1, 0.15) is 5.75 Å². The third-order valence-electron chi connectivity index (χ3n) is 6.48. The monoisotopic (exact) mass is 589 g/mol. The zero-order valence-electron chi connectivity index (χ0n) is 23.9. The van der Waals surface area contributed by atoms with Gasteiger partial charge in [-0.3, -0.25) is 9.59 Å². The Hall–Kier alpha value is -5.15. The predicted molar refractivity (Wildman–Crippen MR) is 172 cm³/mol. The highest BCUT2D eigenvalue weighted by Gasteiger charge is 2.12. The van der Waals surface area contributed by atoms with E-state index < -0.39 is 0 Å². The summed E-state index contributed by atoms with van der Waals surface area (Å²) in [5, 5.41) is 15.3. The second kappa shape index (κ2) is 14.2. The van der Waals surface area contributed by atoms with Crippen LogP contribution in [0.1, 0.15) is 28.4 Å². The van der Waals surface area contributed by atoms with Crippen molar-refractivity contribution in [3.8, 4) is 17.1 Å². The molecule has 0 aliphatic rings. The number of thioether (sulfide) groups is 1. The number of amides is 2. The van der Waals surface area contributed by atoms with Gasteiger partial charge in [-0.2, -0.15) is 0 Å². The molecule has 1 heterocycles. The van der Waals surface area contributed by atoms with E-state index in [0.29, 0.717) is 29.3 Å². The van der Waals surface area contributed by atoms with E-state index in [1.807, 2.05) is 122 Å². The minimum Gasteiger partial charge on any atom is -0.494 e. The predicted octanol–water partition coefficient (Wildman–Crippen LogP) is 7.08. The number of anilines is 2. The lowest BCUT2D eigenvalue weighted by Crippen LogP contribution is -2.11. The molecule has 43 heavy (non-hydrogen) atoms. The highest BCUT2D eigenvalue weighted by molar-refractivity contribution is 7.98. The molecule has 2 amide bonds. The summed E-state index contributed by atoms with van der Waals surface area (Å²) in [7, 11) is 1.93. The molecule has 1 aromatic heterocycles. The molecule has 0 fully saturated rings. The molecule has 5 rings (SSSR count). The second-order valence-electron chi connectivity index (χ2n) is 9.57. The smallest absolute Gasteiger partial charge is 0.255 e. The minimum absolute atomic E-state index is 0.171. The van der Waals surface area contributed by atoms with Crippen LogP contribution < -0.4 is 15.4 Å². The largest absolute Gasteiger partial charge is 0.494 e. The van der Waals surface area contributed by atoms with Gasteiger partial charge in [-0.25, -0.2) is 0 Å². The van der Waals surface area contributed by atoms with E-state index in [9.17, 15) is 9.59 Å². The maximum Gasteiger partial charge on any atom is 0.255 e. The number of aromatic nitrogens is 3. The van der Waals surface area contributed by atoms with Gasteiger partial charge in [0.25, 0.3) is 5.91 Å². The first kappa shape index (κ1) is 29.3. The lowest BCUT2D eigenvalue weighted by atomic mass is 10.1. The standard InChI is InChI=1S/C34H31N5O3S/c1-3-42-30-20-18-29(19-21-30)36-33(41)27-12-9-25(10-13-27)23-43-34-38-37-32(39(34)2)26-14-16-28(17-15-26)35-31(40)22-11-24-7-5-4-6-8-24/h4-22H,3,23H2,1-2H3,(H,35,40)(H,36,41). The van der Waals surface area contributed by atoms with E-state index in [1.54, 1.807) is 17.8 Å². The van der Waals surface area contributed by atoms with Crippen molar-refractivity contribution in [1.82, 2.24) is 14.8 Å². The first-order valence-electron chi connectivity index (χ1n) is 13.8. The number of benzene rings is 4. The number of carbonyl (C=O) groups excluding carboxylic acids is 2. The first-order chi connectivity index (χ1) is 21.0. The van der Waals surface area contributed by atoms with Crippen LogP contribution in [0.15, 0.2) is 114 Å². The molecule has 9 heteroatoms. The SMILES string of the molecule is CCOc1ccc(NC(=O)c2ccc(CSc3nnc(-c4ccc(NC(=O)C=Cc5ccccc5)cc4)n3C)cc2)cc1. The normalized spacial score (nSPS) is 10.9. The van der Waals surface area contributed by atoms with Crippen LogP contribution in [0, 0.1) is 0 Å². The molecule has 5 aromatic rings. The Morgan fingerprint density at radius 1 is 0.837 bits per heavy atom. The summed E-state index contributed by atoms with van der Waals surface area (Å²) < 4.78 is 7.39. The molecule has 0 bridgehead atoms. The molecule has 0 aliphatic heterocycles. The van der Waals surface area contributed by atoms with E-state index in [2.05, 4.69) is 20.8 Å². The quantitative estimate of drug-likeness (QED) is 0.126. The number of nitrogens with zero attached hydrogens (tertiary/aromatic N) is 3. The maximum atomic E-state index is 12.7. The number of rotatable bonds is 11. The summed E-state index contributed by atoms with van der Waals surface area (Å²) in [5.41, 5.74) is 4.90. The number of hydrogen-bond donors (Lipinski definition) is 2. The Bertz CT molecular complexity index is 1700. The van der Waals surface area contributed by atoms with Crippen LogP contribution in [-0.4, -0.2) is 33.2 Å². The molecular formula is C34H31N5O3S. The average molecular weight is 590 g/mol. The van der Waals surface area contributed by atoms with Crippen LogP contribution in [0.4, 0.5) is 11.4 Å². The Morgan fingerprint density at radius 3 is 2.21 bits per heavy atom. The first-order valence-corrected chi connectivity index (χ1v) is 14.8. The third kappa shape index (κ3) is 7.99. The Morgan fingerprint density at radius 2 is 1.51 bits per heavy atom. The van der Waals surface area contributed by atoms with Crippen molar-refractivity contribution in [2.45, 2.75) is 17.8 Å². The molecule has 0 atom stereocenters. The van der Waals surface area contributed by atoms with E-state index in [0.717, 1.165) is 33.4 Å². The van der Waals surface area contributed by atoms with Gasteiger partial charge < -0.3 is 19.9 Å². The summed E-state index contributed by atoms with van der Waals surface area (Å²) in [6, 6.07) is 32.0. The second-order valence-corrected chi connectivity index (χ2v) is 10.5. The molecular weight excluding hydrogens is 558 g/mol. The van der Waals surface area contributed by atoms with Crippen LogP contribution in [0.3, 0.4) is 0 Å². The fourth-order valence-electron chi connectivity index (χ4n) is 4.22. The number of ether oxygens (including phenoxy) is 1. The van der Waals surface area contributed by atoms with Crippen molar-refractivity contribution >= 4 is 41.0 Å². The average Bonchev–Trinajstić information content (AvgIpc) is 3.41. The van der Waals surface area contributed by atoms with Crippen LogP contribution in [0.5, 0.6) is 5.75 Å². The van der Waals surface area contributed by atoms with Crippen molar-refractivity contribution in [3.05, 3.63) is 126 Å². The van der Waals surface area contributed by atoms with E-state index in [-0.39, 0.29) is 11.8 Å². The number of nitrogens with one attached hydrogen (secondary N) is 2. The maximum absolute atomic E-state index is 12.7. The summed E-state index contributed by atoms with van der Waals surface area (Å²) >= 11 is 1.57. The van der Waals surface area contributed by atoms with Gasteiger partial charge in [-0.1, -0.05) is 54.2 Å². The molecule has 0 saturated carbocycles. The Balaban J connectivity index is 1.13. The summed E-state index contributed by atoms with van der Waals surface area (Å²) in [4.78, 5) is 25.0. The fourth-order valence-corrected chi connectivity index (χ4v) is 5.09. The number of carbonyl (C=O) groups is 2. The van der Waals surface area contributed by atoms with Gasteiger partial charge in [0, 0.05) is 41.4 Å². The molecule has 0 saturated heterocycles. The van der Waals surface area contributed by atoms with E-state index >= 15 is 0 Å². The van der Waals surface area contributed by atoms with Gasteiger partial charge in [-0.05, 0) is 84.8 Å². The van der Waals surface area contributed by atoms with Crippen molar-refractivity contribution in [2.75, 3.05) is 17.2 Å². The fraction of sp³-hybridized carbons (Fsp3) is 0.118. The van der Waals surface area contributed by atoms with Crippen LogP contribution in [0.2, 0.25) is 0 Å². The van der Waals surface area contributed by atoms with Crippen molar-refractivity contribution in [2.24, 2.45) is 7.05 Å². The molecule has 0 spiro atoms. The van der Waals surface area contributed by atoms with Crippen LogP contribution in [0.25, 0.3) is 17.5 Å². The number of hydrogen-bond acceptors (Lipinski definition) is 6. The van der Waals surface area contributed by atoms with Gasteiger partial charge in [0.15, 0.2) is 11.0 Å². The van der Waals surface area contributed by atoms with Gasteiger partial charge in [0.05, 0.1) is 6.61 Å². The lowest BCUT2D eigenvalue weighted by Gasteiger charge is -2.08. The molecule has 0 unspecified atom stereocenters. The highest BCUT2D eigenvalue weighted by Crippen LogP contribution is 2.26. The molecule has 4 aromatic carbocycles. The Labute approximate surface area is 254 Å². The Kier molecular flexibility index (Phi) is 9.66. The van der Waals surface area contributed by atoms with E-state index in [4.69, 9.17) is 4.74 Å². The zero-order chi connectivity index (χ0) is 30.0. The summed E-state index contributed by atoms with van der Waals surface area (Å²) in [6.07, 6.45) is 3.29. The van der Waals surface area contributed by atoms with Gasteiger partial charge >= 0.3 is 0 Å². The molecule has 0 aliphatic carbocycles. The van der Waals surface area contributed by atoms with Gasteiger partial charge in [-0.15, -0.1) is 10.2 Å². The van der Waals surface area contributed by atoms with Crippen molar-refractivity contribution in [1.29, 1.82) is 0 Å². The molecule has 216 valence electrons. The van der Waals surface area contributed by atoms with Gasteiger partial charge in [0.2, 0.25) is 5.91 Å². The highest BCUT2D eigenvalue weighted by atomic mass is 32.2.